The van der Waals surface area contributed by atoms with Crippen LogP contribution in [0.25, 0.3) is 0 Å². The van der Waals surface area contributed by atoms with Crippen molar-refractivity contribution in [3.8, 4) is 0 Å². The summed E-state index contributed by atoms with van der Waals surface area (Å²) in [7, 11) is 0. The molecule has 1 aliphatic rings. The second-order valence-electron chi connectivity index (χ2n) is 3.81. The maximum atomic E-state index is 4.17. The zero-order chi connectivity index (χ0) is 9.10. The Labute approximate surface area is 79.4 Å². The summed E-state index contributed by atoms with van der Waals surface area (Å²) in [6.07, 6.45) is 7.26. The Hall–Kier alpha value is -1.05. The molecule has 1 saturated carbocycles. The van der Waals surface area contributed by atoms with Crippen LogP contribution in [0.15, 0.2) is 18.3 Å². The van der Waals surface area contributed by atoms with Gasteiger partial charge in [0.25, 0.3) is 0 Å². The molecule has 0 saturated heterocycles. The molecule has 2 nitrogen and oxygen atoms in total. The summed E-state index contributed by atoms with van der Waals surface area (Å²) in [6, 6.07) is 4.85. The highest BCUT2D eigenvalue weighted by Gasteiger charge is 2.13. The first-order chi connectivity index (χ1) is 6.34. The number of aromatic nitrogens is 1. The van der Waals surface area contributed by atoms with E-state index in [9.17, 15) is 0 Å². The van der Waals surface area contributed by atoms with Crippen molar-refractivity contribution in [3.05, 3.63) is 24.0 Å². The average Bonchev–Trinajstić information content (AvgIpc) is 2.57. The first-order valence-corrected chi connectivity index (χ1v) is 5.04. The minimum atomic E-state index is 0.696. The van der Waals surface area contributed by atoms with Crippen molar-refractivity contribution in [2.45, 2.75) is 38.6 Å². The SMILES string of the molecule is Cc1cc(NC2CCCC2)ccn1. The predicted octanol–water partition coefficient (Wildman–Crippen LogP) is 2.74. The van der Waals surface area contributed by atoms with Gasteiger partial charge < -0.3 is 5.32 Å². The number of hydrogen-bond acceptors (Lipinski definition) is 2. The number of nitrogens with one attached hydrogen (secondary N) is 1. The van der Waals surface area contributed by atoms with Gasteiger partial charge in [-0.1, -0.05) is 12.8 Å². The zero-order valence-corrected chi connectivity index (χ0v) is 8.09. The van der Waals surface area contributed by atoms with Crippen molar-refractivity contribution >= 4 is 5.69 Å². The fraction of sp³-hybridized carbons (Fsp3) is 0.545. The van der Waals surface area contributed by atoms with Crippen LogP contribution in [0.2, 0.25) is 0 Å². The van der Waals surface area contributed by atoms with Gasteiger partial charge in [-0.2, -0.15) is 0 Å². The fourth-order valence-corrected chi connectivity index (χ4v) is 1.94. The second kappa shape index (κ2) is 3.77. The third kappa shape index (κ3) is 2.20. The molecule has 0 amide bonds. The standard InChI is InChI=1S/C11H16N2/c1-9-8-11(6-7-12-9)13-10-4-2-3-5-10/h6-8,10H,2-5H2,1H3,(H,12,13). The molecule has 13 heavy (non-hydrogen) atoms. The first-order valence-electron chi connectivity index (χ1n) is 5.04. The lowest BCUT2D eigenvalue weighted by Gasteiger charge is -2.13. The molecule has 1 N–H and O–H groups in total. The highest BCUT2D eigenvalue weighted by atomic mass is 14.9. The largest absolute Gasteiger partial charge is 0.382 e. The highest BCUT2D eigenvalue weighted by Crippen LogP contribution is 2.22. The van der Waals surface area contributed by atoms with Gasteiger partial charge in [-0.15, -0.1) is 0 Å². The van der Waals surface area contributed by atoms with E-state index in [2.05, 4.69) is 16.4 Å². The van der Waals surface area contributed by atoms with Gasteiger partial charge in [-0.25, -0.2) is 0 Å². The molecular weight excluding hydrogens is 160 g/mol. The van der Waals surface area contributed by atoms with E-state index in [0.29, 0.717) is 6.04 Å². The van der Waals surface area contributed by atoms with E-state index in [4.69, 9.17) is 0 Å². The Kier molecular flexibility index (Phi) is 2.48. The minimum Gasteiger partial charge on any atom is -0.382 e. The maximum Gasteiger partial charge on any atom is 0.0393 e. The molecule has 1 aromatic heterocycles. The molecule has 2 rings (SSSR count). The molecule has 0 spiro atoms. The zero-order valence-electron chi connectivity index (χ0n) is 8.09. The Morgan fingerprint density at radius 1 is 1.38 bits per heavy atom. The molecule has 0 aliphatic heterocycles. The number of anilines is 1. The molecule has 1 aromatic rings. The van der Waals surface area contributed by atoms with Crippen LogP contribution in [0.5, 0.6) is 0 Å². The highest BCUT2D eigenvalue weighted by molar-refractivity contribution is 5.43. The Morgan fingerprint density at radius 3 is 2.85 bits per heavy atom. The lowest BCUT2D eigenvalue weighted by Crippen LogP contribution is -2.14. The lowest BCUT2D eigenvalue weighted by molar-refractivity contribution is 0.755. The van der Waals surface area contributed by atoms with Crippen molar-refractivity contribution in [2.24, 2.45) is 0 Å². The Balaban J connectivity index is 2.00. The average molecular weight is 176 g/mol. The van der Waals surface area contributed by atoms with E-state index in [0.717, 1.165) is 5.69 Å². The molecule has 0 unspecified atom stereocenters. The number of rotatable bonds is 2. The number of pyridine rings is 1. The summed E-state index contributed by atoms with van der Waals surface area (Å²) in [4.78, 5) is 4.17. The van der Waals surface area contributed by atoms with Crippen LogP contribution < -0.4 is 5.32 Å². The van der Waals surface area contributed by atoms with E-state index in [1.54, 1.807) is 0 Å². The number of hydrogen-bond donors (Lipinski definition) is 1. The second-order valence-corrected chi connectivity index (χ2v) is 3.81. The summed E-state index contributed by atoms with van der Waals surface area (Å²) < 4.78 is 0. The first kappa shape index (κ1) is 8.54. The van der Waals surface area contributed by atoms with E-state index in [-0.39, 0.29) is 0 Å². The Bertz CT molecular complexity index is 277. The van der Waals surface area contributed by atoms with Gasteiger partial charge in [-0.3, -0.25) is 4.98 Å². The molecule has 0 atom stereocenters. The van der Waals surface area contributed by atoms with Crippen LogP contribution in [0.1, 0.15) is 31.4 Å². The quantitative estimate of drug-likeness (QED) is 0.749. The topological polar surface area (TPSA) is 24.9 Å². The molecular formula is C11H16N2. The van der Waals surface area contributed by atoms with Crippen molar-refractivity contribution in [1.82, 2.24) is 4.98 Å². The van der Waals surface area contributed by atoms with Crippen molar-refractivity contribution in [2.75, 3.05) is 5.32 Å². The van der Waals surface area contributed by atoms with Crippen LogP contribution in [-0.4, -0.2) is 11.0 Å². The molecule has 1 fully saturated rings. The van der Waals surface area contributed by atoms with E-state index >= 15 is 0 Å². The van der Waals surface area contributed by atoms with Crippen LogP contribution in [-0.2, 0) is 0 Å². The predicted molar refractivity (Wildman–Crippen MR) is 54.9 cm³/mol. The van der Waals surface area contributed by atoms with Crippen LogP contribution in [0.3, 0.4) is 0 Å². The van der Waals surface area contributed by atoms with Crippen molar-refractivity contribution < 1.29 is 0 Å². The van der Waals surface area contributed by atoms with E-state index in [1.165, 1.54) is 31.4 Å². The van der Waals surface area contributed by atoms with Crippen LogP contribution >= 0.6 is 0 Å². The summed E-state index contributed by atoms with van der Waals surface area (Å²) in [5.74, 6) is 0. The third-order valence-corrected chi connectivity index (χ3v) is 2.62. The normalized spacial score (nSPS) is 17.6. The van der Waals surface area contributed by atoms with Crippen LogP contribution in [0, 0.1) is 6.92 Å². The number of nitrogens with zero attached hydrogens (tertiary/aromatic N) is 1. The van der Waals surface area contributed by atoms with Gasteiger partial charge >= 0.3 is 0 Å². The molecule has 0 bridgehead atoms. The van der Waals surface area contributed by atoms with Gasteiger partial charge in [0.2, 0.25) is 0 Å². The molecule has 1 heterocycles. The van der Waals surface area contributed by atoms with E-state index < -0.39 is 0 Å². The lowest BCUT2D eigenvalue weighted by atomic mass is 10.2. The summed E-state index contributed by atoms with van der Waals surface area (Å²) in [6.45, 7) is 2.03. The molecule has 0 aromatic carbocycles. The third-order valence-electron chi connectivity index (χ3n) is 2.62. The molecule has 0 radical (unpaired) electrons. The number of aryl methyl sites for hydroxylation is 1. The molecule has 2 heteroatoms. The van der Waals surface area contributed by atoms with E-state index in [1.807, 2.05) is 19.2 Å². The van der Waals surface area contributed by atoms with Crippen molar-refractivity contribution in [1.29, 1.82) is 0 Å². The maximum absolute atomic E-state index is 4.17. The Morgan fingerprint density at radius 2 is 2.15 bits per heavy atom. The fourth-order valence-electron chi connectivity index (χ4n) is 1.94. The van der Waals surface area contributed by atoms with Crippen molar-refractivity contribution in [3.63, 3.8) is 0 Å². The van der Waals surface area contributed by atoms with Gasteiger partial charge in [0.1, 0.15) is 0 Å². The minimum absolute atomic E-state index is 0.696. The van der Waals surface area contributed by atoms with Gasteiger partial charge in [-0.05, 0) is 31.9 Å². The molecule has 1 aliphatic carbocycles. The van der Waals surface area contributed by atoms with Gasteiger partial charge in [0, 0.05) is 23.6 Å². The summed E-state index contributed by atoms with van der Waals surface area (Å²) in [5.41, 5.74) is 2.31. The van der Waals surface area contributed by atoms with Gasteiger partial charge in [0.15, 0.2) is 0 Å². The smallest absolute Gasteiger partial charge is 0.0393 e. The van der Waals surface area contributed by atoms with Gasteiger partial charge in [0.05, 0.1) is 0 Å². The molecule has 70 valence electrons. The van der Waals surface area contributed by atoms with Crippen LogP contribution in [0.4, 0.5) is 5.69 Å². The summed E-state index contributed by atoms with van der Waals surface area (Å²) >= 11 is 0. The summed E-state index contributed by atoms with van der Waals surface area (Å²) in [5, 5.41) is 3.54. The monoisotopic (exact) mass is 176 g/mol.